The first-order chi connectivity index (χ1) is 5.15. The van der Waals surface area contributed by atoms with Gasteiger partial charge in [0, 0.05) is 8.95 Å². The Bertz CT molecular complexity index is 307. The molecule has 0 bridgehead atoms. The predicted molar refractivity (Wildman–Crippen MR) is 51.6 cm³/mol. The van der Waals surface area contributed by atoms with Gasteiger partial charge in [-0.2, -0.15) is 5.26 Å². The fourth-order valence-electron chi connectivity index (χ4n) is 0.620. The Balaban J connectivity index is 3.35. The molecular formula is C7H2Br2ClN. The van der Waals surface area contributed by atoms with E-state index in [2.05, 4.69) is 31.9 Å². The minimum absolute atomic E-state index is 0.577. The quantitative estimate of drug-likeness (QED) is 0.669. The van der Waals surface area contributed by atoms with Crippen molar-refractivity contribution in [2.75, 3.05) is 0 Å². The third-order valence-corrected chi connectivity index (χ3v) is 3.23. The van der Waals surface area contributed by atoms with Gasteiger partial charge in [-0.3, -0.25) is 0 Å². The number of nitriles is 1. The van der Waals surface area contributed by atoms with Crippen molar-refractivity contribution in [1.29, 1.82) is 5.26 Å². The molecule has 0 aromatic heterocycles. The lowest BCUT2D eigenvalue weighted by molar-refractivity contribution is 1.46. The second-order valence-corrected chi connectivity index (χ2v) is 3.95. The molecule has 0 heterocycles. The van der Waals surface area contributed by atoms with Gasteiger partial charge in [0.2, 0.25) is 0 Å². The van der Waals surface area contributed by atoms with E-state index in [0.717, 1.165) is 8.95 Å². The fraction of sp³-hybridized carbons (Fsp3) is 0. The van der Waals surface area contributed by atoms with Crippen LogP contribution in [0.1, 0.15) is 5.56 Å². The smallest absolute Gasteiger partial charge is 0.0992 e. The van der Waals surface area contributed by atoms with E-state index in [1.54, 1.807) is 12.1 Å². The zero-order valence-corrected chi connectivity index (χ0v) is 9.16. The highest BCUT2D eigenvalue weighted by Crippen LogP contribution is 2.31. The van der Waals surface area contributed by atoms with Crippen molar-refractivity contribution < 1.29 is 0 Å². The molecule has 1 nitrogen and oxygen atoms in total. The van der Waals surface area contributed by atoms with Crippen molar-refractivity contribution in [3.8, 4) is 6.07 Å². The lowest BCUT2D eigenvalue weighted by Gasteiger charge is -1.98. The first-order valence-corrected chi connectivity index (χ1v) is 4.66. The largest absolute Gasteiger partial charge is 0.192 e. The van der Waals surface area contributed by atoms with Crippen LogP contribution >= 0.6 is 43.5 Å². The highest BCUT2D eigenvalue weighted by molar-refractivity contribution is 9.11. The highest BCUT2D eigenvalue weighted by atomic mass is 79.9. The van der Waals surface area contributed by atoms with Crippen molar-refractivity contribution in [2.45, 2.75) is 0 Å². The number of rotatable bonds is 0. The number of nitrogens with zero attached hydrogens (tertiary/aromatic N) is 1. The summed E-state index contributed by atoms with van der Waals surface area (Å²) in [7, 11) is 0. The van der Waals surface area contributed by atoms with Gasteiger partial charge in [0.1, 0.15) is 0 Å². The van der Waals surface area contributed by atoms with Gasteiger partial charge < -0.3 is 0 Å². The van der Waals surface area contributed by atoms with Gasteiger partial charge in [0.25, 0.3) is 0 Å². The Morgan fingerprint density at radius 2 is 1.73 bits per heavy atom. The zero-order valence-electron chi connectivity index (χ0n) is 5.24. The topological polar surface area (TPSA) is 23.8 Å². The molecule has 4 heteroatoms. The normalized spacial score (nSPS) is 9.27. The zero-order chi connectivity index (χ0) is 8.43. The third kappa shape index (κ3) is 1.96. The Labute approximate surface area is 86.2 Å². The van der Waals surface area contributed by atoms with Gasteiger partial charge in [-0.25, -0.2) is 0 Å². The Kier molecular flexibility index (Phi) is 2.94. The van der Waals surface area contributed by atoms with Gasteiger partial charge in [-0.15, -0.1) is 0 Å². The average Bonchev–Trinajstić information content (AvgIpc) is 1.99. The van der Waals surface area contributed by atoms with Crippen molar-refractivity contribution in [3.63, 3.8) is 0 Å². The lowest BCUT2D eigenvalue weighted by atomic mass is 10.2. The summed E-state index contributed by atoms with van der Waals surface area (Å²) in [6.45, 7) is 0. The number of benzene rings is 1. The Hall–Kier alpha value is -0.0400. The average molecular weight is 295 g/mol. The SMILES string of the molecule is N#Cc1cc(Br)c(Cl)c(Br)c1. The van der Waals surface area contributed by atoms with Crippen LogP contribution in [0.15, 0.2) is 21.1 Å². The van der Waals surface area contributed by atoms with Crippen molar-refractivity contribution >= 4 is 43.5 Å². The van der Waals surface area contributed by atoms with Crippen molar-refractivity contribution in [3.05, 3.63) is 31.7 Å². The van der Waals surface area contributed by atoms with E-state index in [1.165, 1.54) is 0 Å². The molecule has 11 heavy (non-hydrogen) atoms. The molecule has 1 aromatic rings. The summed E-state index contributed by atoms with van der Waals surface area (Å²) in [5.74, 6) is 0. The monoisotopic (exact) mass is 293 g/mol. The Morgan fingerprint density at radius 1 is 1.27 bits per heavy atom. The molecule has 0 saturated heterocycles. The van der Waals surface area contributed by atoms with Crippen LogP contribution < -0.4 is 0 Å². The number of hydrogen-bond acceptors (Lipinski definition) is 1. The van der Waals surface area contributed by atoms with Crippen LogP contribution in [0, 0.1) is 11.3 Å². The maximum absolute atomic E-state index is 8.54. The second kappa shape index (κ2) is 3.57. The summed E-state index contributed by atoms with van der Waals surface area (Å²) in [5, 5.41) is 9.13. The van der Waals surface area contributed by atoms with Gasteiger partial charge in [-0.05, 0) is 44.0 Å². The highest BCUT2D eigenvalue weighted by Gasteiger charge is 2.03. The van der Waals surface area contributed by atoms with E-state index >= 15 is 0 Å². The van der Waals surface area contributed by atoms with E-state index in [0.29, 0.717) is 10.6 Å². The van der Waals surface area contributed by atoms with Crippen molar-refractivity contribution in [2.24, 2.45) is 0 Å². The van der Waals surface area contributed by atoms with Crippen LogP contribution in [0.2, 0.25) is 5.02 Å². The summed E-state index contributed by atoms with van der Waals surface area (Å²) in [5.41, 5.74) is 0.577. The Morgan fingerprint density at radius 3 is 2.09 bits per heavy atom. The van der Waals surface area contributed by atoms with Gasteiger partial charge in [-0.1, -0.05) is 11.6 Å². The first kappa shape index (κ1) is 9.05. The van der Waals surface area contributed by atoms with Crippen LogP contribution in [-0.2, 0) is 0 Å². The van der Waals surface area contributed by atoms with Gasteiger partial charge in [0.15, 0.2) is 0 Å². The summed E-state index contributed by atoms with van der Waals surface area (Å²) in [6, 6.07) is 5.36. The van der Waals surface area contributed by atoms with Crippen LogP contribution in [0.5, 0.6) is 0 Å². The molecule has 0 radical (unpaired) electrons. The van der Waals surface area contributed by atoms with E-state index in [9.17, 15) is 0 Å². The molecule has 0 aliphatic rings. The summed E-state index contributed by atoms with van der Waals surface area (Å²) in [6.07, 6.45) is 0. The molecule has 0 saturated carbocycles. The molecule has 0 amide bonds. The molecule has 0 spiro atoms. The van der Waals surface area contributed by atoms with E-state index < -0.39 is 0 Å². The molecule has 1 aromatic carbocycles. The molecule has 0 atom stereocenters. The fourth-order valence-corrected chi connectivity index (χ4v) is 1.92. The molecule has 0 aliphatic heterocycles. The third-order valence-electron chi connectivity index (χ3n) is 1.11. The lowest BCUT2D eigenvalue weighted by Crippen LogP contribution is -1.77. The van der Waals surface area contributed by atoms with Gasteiger partial charge >= 0.3 is 0 Å². The van der Waals surface area contributed by atoms with E-state index in [4.69, 9.17) is 16.9 Å². The van der Waals surface area contributed by atoms with E-state index in [1.807, 2.05) is 6.07 Å². The van der Waals surface area contributed by atoms with Crippen LogP contribution in [-0.4, -0.2) is 0 Å². The number of hydrogen-bond donors (Lipinski definition) is 0. The summed E-state index contributed by atoms with van der Waals surface area (Å²) < 4.78 is 1.45. The minimum atomic E-state index is 0.577. The van der Waals surface area contributed by atoms with Gasteiger partial charge in [0.05, 0.1) is 16.7 Å². The predicted octanol–water partition coefficient (Wildman–Crippen LogP) is 3.74. The molecular weight excluding hydrogens is 293 g/mol. The molecule has 1 rings (SSSR count). The van der Waals surface area contributed by atoms with Crippen LogP contribution in [0.25, 0.3) is 0 Å². The summed E-state index contributed by atoms with van der Waals surface area (Å²) >= 11 is 12.3. The minimum Gasteiger partial charge on any atom is -0.192 e. The van der Waals surface area contributed by atoms with Crippen LogP contribution in [0.4, 0.5) is 0 Å². The van der Waals surface area contributed by atoms with Crippen molar-refractivity contribution in [1.82, 2.24) is 0 Å². The number of halogens is 3. The van der Waals surface area contributed by atoms with Crippen LogP contribution in [0.3, 0.4) is 0 Å². The molecule has 56 valence electrons. The maximum atomic E-state index is 8.54. The maximum Gasteiger partial charge on any atom is 0.0992 e. The molecule has 0 N–H and O–H groups in total. The molecule has 0 unspecified atom stereocenters. The summed E-state index contributed by atoms with van der Waals surface area (Å²) in [4.78, 5) is 0. The molecule has 0 fully saturated rings. The second-order valence-electron chi connectivity index (χ2n) is 1.87. The van der Waals surface area contributed by atoms with E-state index in [-0.39, 0.29) is 0 Å². The first-order valence-electron chi connectivity index (χ1n) is 2.70. The standard InChI is InChI=1S/C7H2Br2ClN/c8-5-1-4(3-11)2-6(9)7(5)10/h1-2H. The molecule has 0 aliphatic carbocycles.